The molecule has 0 radical (unpaired) electrons. The van der Waals surface area contributed by atoms with Crippen LogP contribution in [0.15, 0.2) is 66.7 Å². The Balaban J connectivity index is 1.56. The summed E-state index contributed by atoms with van der Waals surface area (Å²) in [5.74, 6) is 1.96. The number of hydrogen-bond acceptors (Lipinski definition) is 3. The molecule has 24 heavy (non-hydrogen) atoms. The van der Waals surface area contributed by atoms with E-state index in [2.05, 4.69) is 35.6 Å². The molecule has 0 unspecified atom stereocenters. The average molecular weight is 337 g/mol. The minimum absolute atomic E-state index is 0.00603. The predicted octanol–water partition coefficient (Wildman–Crippen LogP) is 4.72. The van der Waals surface area contributed by atoms with E-state index in [1.54, 1.807) is 18.9 Å². The van der Waals surface area contributed by atoms with E-state index in [1.165, 1.54) is 16.3 Å². The van der Waals surface area contributed by atoms with Gasteiger partial charge in [0.2, 0.25) is 5.91 Å². The molecule has 0 fully saturated rings. The van der Waals surface area contributed by atoms with Crippen molar-refractivity contribution in [3.63, 3.8) is 0 Å². The highest BCUT2D eigenvalue weighted by atomic mass is 32.2. The smallest absolute Gasteiger partial charge is 0.234 e. The predicted molar refractivity (Wildman–Crippen MR) is 102 cm³/mol. The summed E-state index contributed by atoms with van der Waals surface area (Å²) in [6.07, 6.45) is 0. The monoisotopic (exact) mass is 337 g/mol. The lowest BCUT2D eigenvalue weighted by molar-refractivity contribution is -0.113. The van der Waals surface area contributed by atoms with Crippen LogP contribution in [-0.4, -0.2) is 18.8 Å². The largest absolute Gasteiger partial charge is 0.497 e. The summed E-state index contributed by atoms with van der Waals surface area (Å²) >= 11 is 1.62. The van der Waals surface area contributed by atoms with Crippen molar-refractivity contribution in [3.8, 4) is 5.75 Å². The lowest BCUT2D eigenvalue weighted by Gasteiger charge is -2.08. The number of carbonyl (C=O) groups excluding carboxylic acids is 1. The molecule has 1 N–H and O–H groups in total. The molecule has 0 aliphatic heterocycles. The van der Waals surface area contributed by atoms with Crippen LogP contribution in [0.3, 0.4) is 0 Å². The zero-order chi connectivity index (χ0) is 16.8. The molecule has 4 heteroatoms. The first-order chi connectivity index (χ1) is 11.8. The average Bonchev–Trinajstić information content (AvgIpc) is 2.62. The zero-order valence-corrected chi connectivity index (χ0v) is 14.3. The van der Waals surface area contributed by atoms with Gasteiger partial charge in [-0.05, 0) is 28.5 Å². The van der Waals surface area contributed by atoms with E-state index < -0.39 is 0 Å². The van der Waals surface area contributed by atoms with Gasteiger partial charge in [-0.15, -0.1) is 11.8 Å². The molecule has 0 bridgehead atoms. The van der Waals surface area contributed by atoms with Crippen LogP contribution in [0.4, 0.5) is 5.69 Å². The molecule has 0 spiro atoms. The Morgan fingerprint density at radius 2 is 1.83 bits per heavy atom. The number of rotatable bonds is 6. The molecule has 0 saturated heterocycles. The van der Waals surface area contributed by atoms with Crippen molar-refractivity contribution in [3.05, 3.63) is 72.3 Å². The Morgan fingerprint density at radius 1 is 1.04 bits per heavy atom. The maximum Gasteiger partial charge on any atom is 0.234 e. The standard InChI is InChI=1S/C20H19NO2S/c1-23-18-10-5-9-17(12-18)21-20(22)14-24-13-16-8-4-7-15-6-2-3-11-19(15)16/h2-12H,13-14H2,1H3,(H,21,22). The fourth-order valence-electron chi connectivity index (χ4n) is 2.57. The van der Waals surface area contributed by atoms with E-state index in [1.807, 2.05) is 36.4 Å². The third kappa shape index (κ3) is 4.09. The first kappa shape index (κ1) is 16.4. The van der Waals surface area contributed by atoms with Crippen LogP contribution in [0, 0.1) is 0 Å². The van der Waals surface area contributed by atoms with Gasteiger partial charge in [-0.25, -0.2) is 0 Å². The number of ether oxygens (including phenoxy) is 1. The van der Waals surface area contributed by atoms with Gasteiger partial charge in [0.1, 0.15) is 5.75 Å². The van der Waals surface area contributed by atoms with Crippen molar-refractivity contribution >= 4 is 34.1 Å². The molecule has 0 saturated carbocycles. The fraction of sp³-hybridized carbons (Fsp3) is 0.150. The summed E-state index contributed by atoms with van der Waals surface area (Å²) in [6, 6.07) is 22.0. The summed E-state index contributed by atoms with van der Waals surface area (Å²) in [5.41, 5.74) is 2.01. The van der Waals surface area contributed by atoms with Crippen LogP contribution < -0.4 is 10.1 Å². The van der Waals surface area contributed by atoms with Crippen molar-refractivity contribution in [2.75, 3.05) is 18.2 Å². The molecule has 3 aromatic carbocycles. The Labute approximate surface area is 146 Å². The van der Waals surface area contributed by atoms with Gasteiger partial charge in [-0.1, -0.05) is 48.5 Å². The van der Waals surface area contributed by atoms with E-state index in [0.717, 1.165) is 17.2 Å². The molecule has 1 amide bonds. The van der Waals surface area contributed by atoms with Gasteiger partial charge in [-0.3, -0.25) is 4.79 Å². The summed E-state index contributed by atoms with van der Waals surface area (Å²) in [5, 5.41) is 5.38. The maximum atomic E-state index is 12.1. The van der Waals surface area contributed by atoms with Gasteiger partial charge >= 0.3 is 0 Å². The first-order valence-corrected chi connectivity index (χ1v) is 8.90. The minimum atomic E-state index is -0.00603. The number of methoxy groups -OCH3 is 1. The van der Waals surface area contributed by atoms with E-state index >= 15 is 0 Å². The lowest BCUT2D eigenvalue weighted by Crippen LogP contribution is -2.14. The molecule has 0 atom stereocenters. The number of hydrogen-bond donors (Lipinski definition) is 1. The highest BCUT2D eigenvalue weighted by Gasteiger charge is 2.05. The van der Waals surface area contributed by atoms with Crippen LogP contribution in [0.5, 0.6) is 5.75 Å². The van der Waals surface area contributed by atoms with Crippen molar-refractivity contribution in [1.82, 2.24) is 0 Å². The van der Waals surface area contributed by atoms with Crippen LogP contribution in [-0.2, 0) is 10.5 Å². The van der Waals surface area contributed by atoms with Crippen LogP contribution in [0.1, 0.15) is 5.56 Å². The van der Waals surface area contributed by atoms with E-state index in [4.69, 9.17) is 4.74 Å². The molecular weight excluding hydrogens is 318 g/mol. The Kier molecular flexibility index (Phi) is 5.39. The van der Waals surface area contributed by atoms with Crippen LogP contribution in [0.25, 0.3) is 10.8 Å². The number of fused-ring (bicyclic) bond motifs is 1. The normalized spacial score (nSPS) is 10.5. The summed E-state index contributed by atoms with van der Waals surface area (Å²) in [4.78, 5) is 12.1. The summed E-state index contributed by atoms with van der Waals surface area (Å²) < 4.78 is 5.16. The molecule has 3 rings (SSSR count). The molecule has 0 aromatic heterocycles. The second-order valence-electron chi connectivity index (χ2n) is 5.41. The van der Waals surface area contributed by atoms with Crippen LogP contribution in [0.2, 0.25) is 0 Å². The molecule has 122 valence electrons. The second-order valence-corrected chi connectivity index (χ2v) is 6.40. The molecular formula is C20H19NO2S. The Morgan fingerprint density at radius 3 is 2.71 bits per heavy atom. The SMILES string of the molecule is COc1cccc(NC(=O)CSCc2cccc3ccccc23)c1. The van der Waals surface area contributed by atoms with Gasteiger partial charge < -0.3 is 10.1 Å². The van der Waals surface area contributed by atoms with E-state index in [-0.39, 0.29) is 5.91 Å². The molecule has 0 aliphatic rings. The minimum Gasteiger partial charge on any atom is -0.497 e. The van der Waals surface area contributed by atoms with Gasteiger partial charge in [0, 0.05) is 17.5 Å². The van der Waals surface area contributed by atoms with Gasteiger partial charge in [-0.2, -0.15) is 0 Å². The third-order valence-corrected chi connectivity index (χ3v) is 4.71. The summed E-state index contributed by atoms with van der Waals surface area (Å²) in [6.45, 7) is 0. The molecule has 0 aliphatic carbocycles. The van der Waals surface area contributed by atoms with Crippen molar-refractivity contribution in [2.24, 2.45) is 0 Å². The second kappa shape index (κ2) is 7.88. The third-order valence-electron chi connectivity index (χ3n) is 3.72. The van der Waals surface area contributed by atoms with E-state index in [0.29, 0.717) is 5.75 Å². The Hall–Kier alpha value is -2.46. The number of amides is 1. The highest BCUT2D eigenvalue weighted by molar-refractivity contribution is 7.99. The molecule has 0 heterocycles. The highest BCUT2D eigenvalue weighted by Crippen LogP contribution is 2.23. The maximum absolute atomic E-state index is 12.1. The van der Waals surface area contributed by atoms with E-state index in [9.17, 15) is 4.79 Å². The number of thioether (sulfide) groups is 1. The van der Waals surface area contributed by atoms with Gasteiger partial charge in [0.15, 0.2) is 0 Å². The van der Waals surface area contributed by atoms with Crippen molar-refractivity contribution < 1.29 is 9.53 Å². The molecule has 3 nitrogen and oxygen atoms in total. The number of carbonyl (C=O) groups is 1. The Bertz CT molecular complexity index is 842. The molecule has 3 aromatic rings. The lowest BCUT2D eigenvalue weighted by atomic mass is 10.1. The number of anilines is 1. The van der Waals surface area contributed by atoms with Gasteiger partial charge in [0.05, 0.1) is 12.9 Å². The van der Waals surface area contributed by atoms with Crippen LogP contribution >= 0.6 is 11.8 Å². The number of nitrogens with one attached hydrogen (secondary N) is 1. The van der Waals surface area contributed by atoms with Crippen molar-refractivity contribution in [2.45, 2.75) is 5.75 Å². The fourth-order valence-corrected chi connectivity index (χ4v) is 3.40. The van der Waals surface area contributed by atoms with Crippen molar-refractivity contribution in [1.29, 1.82) is 0 Å². The quantitative estimate of drug-likeness (QED) is 0.707. The topological polar surface area (TPSA) is 38.3 Å². The van der Waals surface area contributed by atoms with Gasteiger partial charge in [0.25, 0.3) is 0 Å². The number of benzene rings is 3. The first-order valence-electron chi connectivity index (χ1n) is 7.74. The zero-order valence-electron chi connectivity index (χ0n) is 13.5. The summed E-state index contributed by atoms with van der Waals surface area (Å²) in [7, 11) is 1.61.